The van der Waals surface area contributed by atoms with E-state index in [2.05, 4.69) is 372 Å². The Morgan fingerprint density at radius 1 is 0.240 bits per heavy atom. The molecule has 0 aromatic heterocycles. The molecule has 4 aliphatic rings. The average molecular weight is 1290 g/mol. The summed E-state index contributed by atoms with van der Waals surface area (Å²) < 4.78 is 16.2. The van der Waals surface area contributed by atoms with Gasteiger partial charge in [0, 0.05) is 67.7 Å². The van der Waals surface area contributed by atoms with E-state index in [0.29, 0.717) is 0 Å². The van der Waals surface area contributed by atoms with E-state index >= 15 is 0 Å². The maximum absolute atomic E-state index is 8.29. The van der Waals surface area contributed by atoms with Gasteiger partial charge in [-0.15, -0.1) is 0 Å². The normalized spacial score (nSPS) is 13.5. The van der Waals surface area contributed by atoms with Crippen LogP contribution >= 0.6 is 0 Å². The van der Waals surface area contributed by atoms with Crippen LogP contribution in [0.2, 0.25) is 0 Å². The maximum atomic E-state index is 8.29. The molecule has 0 aliphatic carbocycles. The molecule has 13 aromatic carbocycles. The van der Waals surface area contributed by atoms with Crippen molar-refractivity contribution in [3.63, 3.8) is 0 Å². The van der Waals surface area contributed by atoms with Crippen molar-refractivity contribution in [1.29, 1.82) is 0 Å². The molecule has 13 aromatic rings. The van der Waals surface area contributed by atoms with E-state index in [1.807, 2.05) is 0 Å². The van der Waals surface area contributed by atoms with Crippen molar-refractivity contribution in [2.45, 2.75) is 105 Å². The molecule has 0 saturated heterocycles. The number of rotatable bonds is 8. The topological polar surface area (TPSA) is 24.9 Å². The highest BCUT2D eigenvalue weighted by molar-refractivity contribution is 7.03. The molecule has 0 saturated carbocycles. The first-order valence-electron chi connectivity index (χ1n) is 35.6. The quantitative estimate of drug-likeness (QED) is 0.142. The fourth-order valence-electron chi connectivity index (χ4n) is 16.1. The van der Waals surface area contributed by atoms with Gasteiger partial charge in [0.1, 0.15) is 23.0 Å². The summed E-state index contributed by atoms with van der Waals surface area (Å²) in [6, 6.07) is 105. The Labute approximate surface area is 591 Å². The van der Waals surface area contributed by atoms with Gasteiger partial charge in [-0.25, -0.2) is 0 Å². The molecule has 486 valence electrons. The predicted molar refractivity (Wildman–Crippen MR) is 426 cm³/mol. The largest absolute Gasteiger partial charge is 0.458 e. The van der Waals surface area contributed by atoms with Gasteiger partial charge in [-0.05, 0) is 147 Å². The van der Waals surface area contributed by atoms with Crippen LogP contribution in [-0.2, 0) is 21.7 Å². The van der Waals surface area contributed by atoms with Gasteiger partial charge in [-0.2, -0.15) is 0 Å². The molecule has 0 N–H and O–H groups in total. The number of nitrogens with zero attached hydrogens (tertiary/aromatic N) is 2. The molecule has 0 fully saturated rings. The number of ether oxygens (including phenoxy) is 2. The first-order valence-corrected chi connectivity index (χ1v) is 35.6. The molecule has 4 heterocycles. The lowest BCUT2D eigenvalue weighted by atomic mass is 9.30. The van der Waals surface area contributed by atoms with Crippen LogP contribution in [-0.4, -0.2) is 13.4 Å². The molecule has 4 nitrogen and oxygen atoms in total. The SMILES string of the molecule is CC(C)(C)c1cc(-c2ccccc2)c(N2c3cc(C(C)(C)C)ccc3B3c4c2cc(C(C)(C)C)cc4N(c2c(-c4ccccc4)cc(C(C)(C)C)cc2-c2ccccc2)c2cc4c5c(c23)Oc2c(cccc2-c2ccccc2)B5c2cccc(-c3ccccc3)c2O4)c(-c2ccccc2)c1. The fraction of sp³-hybridized carbons (Fsp3) is 0.170. The zero-order valence-electron chi connectivity index (χ0n) is 59.4. The zero-order valence-corrected chi connectivity index (χ0v) is 59.4. The summed E-state index contributed by atoms with van der Waals surface area (Å²) in [5, 5.41) is 0. The summed E-state index contributed by atoms with van der Waals surface area (Å²) in [5.41, 5.74) is 30.8. The molecule has 0 unspecified atom stereocenters. The Kier molecular flexibility index (Phi) is 14.7. The van der Waals surface area contributed by atoms with Gasteiger partial charge in [0.05, 0.1) is 11.4 Å². The Bertz CT molecular complexity index is 5260. The van der Waals surface area contributed by atoms with Crippen LogP contribution in [0.4, 0.5) is 34.1 Å². The molecule has 4 aliphatic heterocycles. The average Bonchev–Trinajstić information content (AvgIpc) is 0.675. The summed E-state index contributed by atoms with van der Waals surface area (Å²) in [6.07, 6.45) is 0. The highest BCUT2D eigenvalue weighted by Gasteiger charge is 2.52. The minimum absolute atomic E-state index is 0.189. The third kappa shape index (κ3) is 10.3. The van der Waals surface area contributed by atoms with E-state index in [-0.39, 0.29) is 35.1 Å². The van der Waals surface area contributed by atoms with Crippen LogP contribution in [0.1, 0.15) is 105 Å². The van der Waals surface area contributed by atoms with E-state index in [1.165, 1.54) is 44.3 Å². The predicted octanol–water partition coefficient (Wildman–Crippen LogP) is 21.7. The van der Waals surface area contributed by atoms with Crippen LogP contribution in [0.5, 0.6) is 23.0 Å². The van der Waals surface area contributed by atoms with Gasteiger partial charge < -0.3 is 19.3 Å². The van der Waals surface area contributed by atoms with E-state index < -0.39 is 0 Å². The first-order chi connectivity index (χ1) is 48.2. The second kappa shape index (κ2) is 23.4. The van der Waals surface area contributed by atoms with Crippen LogP contribution in [0.15, 0.2) is 279 Å². The van der Waals surface area contributed by atoms with E-state index in [4.69, 9.17) is 9.47 Å². The monoisotopic (exact) mass is 1290 g/mol. The Morgan fingerprint density at radius 2 is 0.570 bits per heavy atom. The Hall–Kier alpha value is -10.8. The van der Waals surface area contributed by atoms with Gasteiger partial charge in [0.25, 0.3) is 13.4 Å². The Balaban J connectivity index is 1.09. The number of para-hydroxylation sites is 2. The number of hydrogen-bond acceptors (Lipinski definition) is 4. The van der Waals surface area contributed by atoms with Crippen molar-refractivity contribution < 1.29 is 9.47 Å². The van der Waals surface area contributed by atoms with Crippen LogP contribution in [0.25, 0.3) is 66.8 Å². The van der Waals surface area contributed by atoms with Crippen molar-refractivity contribution in [3.8, 4) is 89.8 Å². The fourth-order valence-corrected chi connectivity index (χ4v) is 16.1. The Morgan fingerprint density at radius 3 is 0.950 bits per heavy atom. The van der Waals surface area contributed by atoms with Crippen molar-refractivity contribution >= 4 is 80.3 Å². The van der Waals surface area contributed by atoms with E-state index in [0.717, 1.165) is 135 Å². The highest BCUT2D eigenvalue weighted by Crippen LogP contribution is 2.57. The maximum Gasteiger partial charge on any atom is 0.260 e. The summed E-state index contributed by atoms with van der Waals surface area (Å²) in [6.45, 7) is 27.7. The molecule has 0 amide bonds. The second-order valence-corrected chi connectivity index (χ2v) is 32.0. The lowest BCUT2D eigenvalue weighted by Gasteiger charge is -2.48. The van der Waals surface area contributed by atoms with Gasteiger partial charge in [0.2, 0.25) is 0 Å². The van der Waals surface area contributed by atoms with Crippen LogP contribution in [0, 0.1) is 0 Å². The number of benzene rings is 13. The lowest BCUT2D eigenvalue weighted by molar-refractivity contribution is 0.468. The first kappa shape index (κ1) is 62.7. The number of hydrogen-bond donors (Lipinski definition) is 0. The number of anilines is 6. The summed E-state index contributed by atoms with van der Waals surface area (Å²) >= 11 is 0. The summed E-state index contributed by atoms with van der Waals surface area (Å²) in [7, 11) is 0. The molecular formula is C94H82B2N2O2. The van der Waals surface area contributed by atoms with Gasteiger partial charge in [0.15, 0.2) is 0 Å². The van der Waals surface area contributed by atoms with Gasteiger partial charge >= 0.3 is 0 Å². The third-order valence-corrected chi connectivity index (χ3v) is 21.4. The molecule has 100 heavy (non-hydrogen) atoms. The zero-order chi connectivity index (χ0) is 68.7. The third-order valence-electron chi connectivity index (χ3n) is 21.4. The second-order valence-electron chi connectivity index (χ2n) is 32.0. The molecule has 17 rings (SSSR count). The summed E-state index contributed by atoms with van der Waals surface area (Å²) in [4.78, 5) is 5.40. The van der Waals surface area contributed by atoms with Crippen molar-refractivity contribution in [1.82, 2.24) is 0 Å². The molecular weight excluding hydrogens is 1210 g/mol. The molecule has 6 heteroatoms. The highest BCUT2D eigenvalue weighted by atomic mass is 16.5. The van der Waals surface area contributed by atoms with Crippen LogP contribution < -0.4 is 52.1 Å². The van der Waals surface area contributed by atoms with E-state index in [9.17, 15) is 0 Å². The van der Waals surface area contributed by atoms with Crippen LogP contribution in [0.3, 0.4) is 0 Å². The van der Waals surface area contributed by atoms with E-state index in [1.54, 1.807) is 0 Å². The minimum atomic E-state index is -0.377. The molecule has 0 spiro atoms. The smallest absolute Gasteiger partial charge is 0.260 e. The standard InChI is InChI=1S/C94H82B2N2O2/c1-91(2,3)65-49-50-75-78(55-65)97(86-71(61-37-23-15-24-38-61)51-66(92(4,5)6)52-72(86)62-39-25-16-26-40-62)79-56-68(94(10,11)12)57-80-83(79)96(75)84-81(98(80)87-73(63-41-27-17-28-42-63)53-67(93(7,8)9)54-74(87)64-43-29-18-30-44-64)58-82-85-90(84)100-89-70(60-35-21-14-22-36-60)46-32-48-77(89)95(85)76-47-31-45-69(88(76)99-82)59-33-19-13-20-34-59/h13-58H,1-12H3. The molecule has 0 bridgehead atoms. The van der Waals surface area contributed by atoms with Gasteiger partial charge in [-0.3, -0.25) is 0 Å². The molecule has 0 radical (unpaired) electrons. The summed E-state index contributed by atoms with van der Waals surface area (Å²) in [5.74, 6) is 3.31. The lowest BCUT2D eigenvalue weighted by Crippen LogP contribution is -2.65. The minimum Gasteiger partial charge on any atom is -0.458 e. The number of fused-ring (bicyclic) bond motifs is 9. The van der Waals surface area contributed by atoms with Crippen molar-refractivity contribution in [2.24, 2.45) is 0 Å². The van der Waals surface area contributed by atoms with Crippen molar-refractivity contribution in [2.75, 3.05) is 9.80 Å². The van der Waals surface area contributed by atoms with Gasteiger partial charge in [-0.1, -0.05) is 314 Å². The molecule has 0 atom stereocenters. The van der Waals surface area contributed by atoms with Crippen molar-refractivity contribution in [3.05, 3.63) is 301 Å².